The zero-order chi connectivity index (χ0) is 12.8. The van der Waals surface area contributed by atoms with Crippen LogP contribution in [0.2, 0.25) is 0 Å². The van der Waals surface area contributed by atoms with Crippen LogP contribution in [0.5, 0.6) is 0 Å². The summed E-state index contributed by atoms with van der Waals surface area (Å²) in [6.45, 7) is 0. The highest BCUT2D eigenvalue weighted by Crippen LogP contribution is 2.32. The molecule has 5 nitrogen and oxygen atoms in total. The van der Waals surface area contributed by atoms with Crippen LogP contribution in [0.4, 0.5) is 11.4 Å². The lowest BCUT2D eigenvalue weighted by Gasteiger charge is -2.05. The van der Waals surface area contributed by atoms with Crippen LogP contribution < -0.4 is 0 Å². The maximum absolute atomic E-state index is 10.4. The summed E-state index contributed by atoms with van der Waals surface area (Å²) < 4.78 is 14.6. The van der Waals surface area contributed by atoms with E-state index in [0.717, 1.165) is 0 Å². The van der Waals surface area contributed by atoms with E-state index in [1.54, 1.807) is 23.4 Å². The molecule has 0 aromatic heterocycles. The first kappa shape index (κ1) is 13.5. The van der Waals surface area contributed by atoms with Crippen molar-refractivity contribution in [2.75, 3.05) is 14.1 Å². The molecule has 0 saturated heterocycles. The van der Waals surface area contributed by atoms with Gasteiger partial charge in [0.05, 0.1) is 23.3 Å². The zero-order valence-corrected chi connectivity index (χ0v) is 11.6. The lowest BCUT2D eigenvalue weighted by Crippen LogP contribution is -2.07. The maximum Gasteiger partial charge on any atom is 0.205 e. The van der Waals surface area contributed by atoms with Gasteiger partial charge in [-0.25, -0.2) is 4.99 Å². The quantitative estimate of drug-likeness (QED) is 0.636. The van der Waals surface area contributed by atoms with Crippen LogP contribution in [0.1, 0.15) is 5.56 Å². The number of benzene rings is 1. The standard InChI is InChI=1S/C10H9BrN4OS/c1-15(2)6-13-10-4-7(14-17-16)3-9(11)8(10)5-12/h3-4,6H,1-2H3/b13-6+. The van der Waals surface area contributed by atoms with Crippen molar-refractivity contribution in [3.63, 3.8) is 0 Å². The molecule has 0 aliphatic heterocycles. The average molecular weight is 313 g/mol. The number of hydrogen-bond acceptors (Lipinski definition) is 4. The van der Waals surface area contributed by atoms with Crippen molar-refractivity contribution in [3.05, 3.63) is 22.2 Å². The van der Waals surface area contributed by atoms with Crippen LogP contribution in [-0.2, 0) is 11.5 Å². The third-order valence-corrected chi connectivity index (χ3v) is 2.65. The monoisotopic (exact) mass is 312 g/mol. The normalized spacial score (nSPS) is 10.0. The molecule has 88 valence electrons. The molecule has 0 saturated carbocycles. The van der Waals surface area contributed by atoms with Gasteiger partial charge in [-0.3, -0.25) is 0 Å². The van der Waals surface area contributed by atoms with E-state index >= 15 is 0 Å². The molecule has 0 spiro atoms. The van der Waals surface area contributed by atoms with Gasteiger partial charge in [0, 0.05) is 18.6 Å². The second-order valence-electron chi connectivity index (χ2n) is 3.31. The number of nitrogens with zero attached hydrogens (tertiary/aromatic N) is 4. The second-order valence-corrected chi connectivity index (χ2v) is 4.49. The molecule has 17 heavy (non-hydrogen) atoms. The molecule has 0 amide bonds. The van der Waals surface area contributed by atoms with Gasteiger partial charge < -0.3 is 4.90 Å². The van der Waals surface area contributed by atoms with Gasteiger partial charge >= 0.3 is 0 Å². The molecule has 7 heteroatoms. The first-order valence-electron chi connectivity index (χ1n) is 4.52. The summed E-state index contributed by atoms with van der Waals surface area (Å²) in [6.07, 6.45) is 1.58. The molecule has 0 aliphatic rings. The molecule has 0 heterocycles. The predicted octanol–water partition coefficient (Wildman–Crippen LogP) is 2.57. The SMILES string of the molecule is CN(C)/C=N/c1cc(N=S=O)cc(Br)c1C#N. The minimum atomic E-state index is 0.119. The van der Waals surface area contributed by atoms with E-state index in [4.69, 9.17) is 5.26 Å². The molecule has 0 N–H and O–H groups in total. The van der Waals surface area contributed by atoms with E-state index < -0.39 is 0 Å². The van der Waals surface area contributed by atoms with E-state index in [0.29, 0.717) is 21.4 Å². The van der Waals surface area contributed by atoms with Crippen LogP contribution in [0.25, 0.3) is 0 Å². The fourth-order valence-electron chi connectivity index (χ4n) is 1.06. The van der Waals surface area contributed by atoms with Crippen molar-refractivity contribution in [2.24, 2.45) is 9.36 Å². The van der Waals surface area contributed by atoms with Crippen molar-refractivity contribution < 1.29 is 4.21 Å². The molecule has 1 aromatic carbocycles. The first-order valence-corrected chi connectivity index (χ1v) is 6.02. The van der Waals surface area contributed by atoms with Crippen molar-refractivity contribution in [2.45, 2.75) is 0 Å². The number of aliphatic imine (C=N–C) groups is 1. The third-order valence-electron chi connectivity index (χ3n) is 1.74. The van der Waals surface area contributed by atoms with Crippen LogP contribution in [0, 0.1) is 11.3 Å². The van der Waals surface area contributed by atoms with Gasteiger partial charge in [-0.05, 0) is 28.1 Å². The van der Waals surface area contributed by atoms with Gasteiger partial charge in [0.15, 0.2) is 0 Å². The predicted molar refractivity (Wildman–Crippen MR) is 70.9 cm³/mol. The van der Waals surface area contributed by atoms with E-state index in [2.05, 4.69) is 31.4 Å². The summed E-state index contributed by atoms with van der Waals surface area (Å²) >= 11 is 3.37. The Labute approximate surface area is 111 Å². The van der Waals surface area contributed by atoms with Gasteiger partial charge in [0.2, 0.25) is 11.5 Å². The van der Waals surface area contributed by atoms with Gasteiger partial charge in [-0.2, -0.15) is 13.8 Å². The number of hydrogen-bond donors (Lipinski definition) is 0. The van der Waals surface area contributed by atoms with Crippen molar-refractivity contribution in [1.29, 1.82) is 5.26 Å². The van der Waals surface area contributed by atoms with E-state index in [9.17, 15) is 4.21 Å². The molecule has 1 aromatic rings. The summed E-state index contributed by atoms with van der Waals surface area (Å²) in [6, 6.07) is 5.25. The Morgan fingerprint density at radius 2 is 2.24 bits per heavy atom. The summed E-state index contributed by atoms with van der Waals surface area (Å²) in [5, 5.41) is 9.02. The maximum atomic E-state index is 10.4. The summed E-state index contributed by atoms with van der Waals surface area (Å²) in [5.74, 6) is 0. The Balaban J connectivity index is 3.34. The fraction of sp³-hybridized carbons (Fsp3) is 0.200. The Hall–Kier alpha value is -1.52. The Morgan fingerprint density at radius 3 is 2.76 bits per heavy atom. The molecule has 0 bridgehead atoms. The van der Waals surface area contributed by atoms with Crippen molar-refractivity contribution in [1.82, 2.24) is 4.90 Å². The first-order chi connectivity index (χ1) is 8.08. The Morgan fingerprint density at radius 1 is 1.53 bits per heavy atom. The molecule has 0 unspecified atom stereocenters. The highest BCUT2D eigenvalue weighted by molar-refractivity contribution is 9.10. The van der Waals surface area contributed by atoms with E-state index in [-0.39, 0.29) is 11.5 Å². The highest BCUT2D eigenvalue weighted by Gasteiger charge is 2.08. The smallest absolute Gasteiger partial charge is 0.205 e. The number of rotatable bonds is 3. The summed E-state index contributed by atoms with van der Waals surface area (Å²) in [4.78, 5) is 5.91. The number of halogens is 1. The Bertz CT molecular complexity index is 544. The largest absolute Gasteiger partial charge is 0.369 e. The average Bonchev–Trinajstić information content (AvgIpc) is 2.26. The van der Waals surface area contributed by atoms with Crippen molar-refractivity contribution >= 4 is 45.1 Å². The van der Waals surface area contributed by atoms with Gasteiger partial charge in [0.1, 0.15) is 6.07 Å². The van der Waals surface area contributed by atoms with Gasteiger partial charge in [-0.15, -0.1) is 0 Å². The molecule has 0 aliphatic carbocycles. The second kappa shape index (κ2) is 6.27. The highest BCUT2D eigenvalue weighted by atomic mass is 79.9. The van der Waals surface area contributed by atoms with Gasteiger partial charge in [-0.1, -0.05) is 0 Å². The minimum Gasteiger partial charge on any atom is -0.369 e. The topological polar surface area (TPSA) is 68.8 Å². The molecule has 1 rings (SSSR count). The van der Waals surface area contributed by atoms with Crippen LogP contribution in [-0.4, -0.2) is 29.5 Å². The van der Waals surface area contributed by atoms with Crippen LogP contribution >= 0.6 is 15.9 Å². The Kier molecular flexibility index (Phi) is 5.00. The molecular weight excluding hydrogens is 304 g/mol. The molecule has 0 radical (unpaired) electrons. The lowest BCUT2D eigenvalue weighted by molar-refractivity contribution is 0.643. The lowest BCUT2D eigenvalue weighted by atomic mass is 10.2. The fourth-order valence-corrected chi connectivity index (χ4v) is 1.78. The van der Waals surface area contributed by atoms with Gasteiger partial charge in [0.25, 0.3) is 0 Å². The molecule has 0 fully saturated rings. The van der Waals surface area contributed by atoms with E-state index in [1.807, 2.05) is 14.1 Å². The van der Waals surface area contributed by atoms with E-state index in [1.165, 1.54) is 0 Å². The number of nitriles is 1. The molecular formula is C10H9BrN4OS. The van der Waals surface area contributed by atoms with Crippen LogP contribution in [0.15, 0.2) is 26.0 Å². The van der Waals surface area contributed by atoms with Crippen LogP contribution in [0.3, 0.4) is 0 Å². The third kappa shape index (κ3) is 3.76. The van der Waals surface area contributed by atoms with Crippen molar-refractivity contribution in [3.8, 4) is 6.07 Å². The molecule has 0 atom stereocenters. The summed E-state index contributed by atoms with van der Waals surface area (Å²) in [5.41, 5.74) is 1.36. The summed E-state index contributed by atoms with van der Waals surface area (Å²) in [7, 11) is 3.65. The minimum absolute atomic E-state index is 0.119. The zero-order valence-electron chi connectivity index (χ0n) is 9.22.